The molecule has 2 aromatic rings. The van der Waals surface area contributed by atoms with Crippen LogP contribution >= 0.6 is 27.7 Å². The molecule has 2 aromatic carbocycles. The van der Waals surface area contributed by atoms with Crippen molar-refractivity contribution in [2.75, 3.05) is 25.6 Å². The van der Waals surface area contributed by atoms with E-state index in [0.29, 0.717) is 29.7 Å². The van der Waals surface area contributed by atoms with Crippen LogP contribution in [0.2, 0.25) is 0 Å². The number of benzene rings is 2. The Balaban J connectivity index is 1.72. The third kappa shape index (κ3) is 5.88. The van der Waals surface area contributed by atoms with Gasteiger partial charge in [0.2, 0.25) is 11.8 Å². The van der Waals surface area contributed by atoms with Crippen LogP contribution in [-0.4, -0.2) is 47.4 Å². The highest BCUT2D eigenvalue weighted by Gasteiger charge is 2.39. The lowest BCUT2D eigenvalue weighted by Gasteiger charge is -2.15. The number of anilines is 1. The van der Waals surface area contributed by atoms with Gasteiger partial charge in [-0.3, -0.25) is 14.5 Å². The first-order valence-corrected chi connectivity index (χ1v) is 10.5. The smallest absolute Gasteiger partial charge is 0.242 e. The van der Waals surface area contributed by atoms with Crippen molar-refractivity contribution in [3.05, 3.63) is 58.8 Å². The van der Waals surface area contributed by atoms with Gasteiger partial charge in [-0.2, -0.15) is 0 Å². The summed E-state index contributed by atoms with van der Waals surface area (Å²) in [5.41, 5.74) is 1.19. The molecule has 1 aliphatic heterocycles. The molecular formula is C20H19BrFN3O3S. The predicted molar refractivity (Wildman–Crippen MR) is 116 cm³/mol. The first-order chi connectivity index (χ1) is 14.0. The molecule has 1 aliphatic rings. The summed E-state index contributed by atoms with van der Waals surface area (Å²) >= 11 is 4.57. The number of thioether (sulfide) groups is 1. The average molecular weight is 480 g/mol. The minimum absolute atomic E-state index is 0.0193. The summed E-state index contributed by atoms with van der Waals surface area (Å²) < 4.78 is 19.1. The molecule has 6 nitrogen and oxygen atoms in total. The monoisotopic (exact) mass is 479 g/mol. The number of aliphatic imine (C=N–C) groups is 1. The van der Waals surface area contributed by atoms with Crippen LogP contribution in [0.5, 0.6) is 0 Å². The number of halogens is 2. The van der Waals surface area contributed by atoms with Crippen LogP contribution in [0.3, 0.4) is 0 Å². The fraction of sp³-hybridized carbons (Fsp3) is 0.250. The van der Waals surface area contributed by atoms with Gasteiger partial charge >= 0.3 is 0 Å². The number of carbonyl (C=O) groups excluding carboxylic acids is 2. The van der Waals surface area contributed by atoms with Gasteiger partial charge < -0.3 is 10.1 Å². The van der Waals surface area contributed by atoms with Crippen LogP contribution in [0.15, 0.2) is 58.0 Å². The molecule has 1 fully saturated rings. The maximum atomic E-state index is 13.1. The topological polar surface area (TPSA) is 71.0 Å². The number of methoxy groups -OCH3 is 1. The summed E-state index contributed by atoms with van der Waals surface area (Å²) in [7, 11) is 1.55. The highest BCUT2D eigenvalue weighted by atomic mass is 79.9. The Morgan fingerprint density at radius 1 is 1.24 bits per heavy atom. The van der Waals surface area contributed by atoms with E-state index in [4.69, 9.17) is 4.74 Å². The molecule has 152 valence electrons. The number of carbonyl (C=O) groups is 2. The molecule has 0 aliphatic carbocycles. The minimum atomic E-state index is -0.582. The third-order valence-corrected chi connectivity index (χ3v) is 5.79. The molecule has 0 spiro atoms. The molecule has 3 rings (SSSR count). The fourth-order valence-electron chi connectivity index (χ4n) is 2.65. The number of hydrogen-bond acceptors (Lipinski definition) is 5. The predicted octanol–water partition coefficient (Wildman–Crippen LogP) is 4.19. The second-order valence-corrected chi connectivity index (χ2v) is 8.30. The second kappa shape index (κ2) is 10.00. The first kappa shape index (κ1) is 21.5. The van der Waals surface area contributed by atoms with Gasteiger partial charge in [0, 0.05) is 23.7 Å². The van der Waals surface area contributed by atoms with Crippen molar-refractivity contribution >= 4 is 56.0 Å². The lowest BCUT2D eigenvalue weighted by Crippen LogP contribution is -2.35. The second-order valence-electron chi connectivity index (χ2n) is 6.22. The molecule has 29 heavy (non-hydrogen) atoms. The number of ether oxygens (including phenoxy) is 1. The fourth-order valence-corrected chi connectivity index (χ4v) is 4.10. The van der Waals surface area contributed by atoms with E-state index in [0.717, 1.165) is 4.47 Å². The molecule has 0 saturated carbocycles. The number of amidine groups is 1. The number of rotatable bonds is 7. The van der Waals surface area contributed by atoms with Gasteiger partial charge in [-0.15, -0.1) is 0 Å². The van der Waals surface area contributed by atoms with E-state index in [-0.39, 0.29) is 24.1 Å². The average Bonchev–Trinajstić information content (AvgIpc) is 2.98. The van der Waals surface area contributed by atoms with Crippen molar-refractivity contribution in [2.45, 2.75) is 11.7 Å². The first-order valence-electron chi connectivity index (χ1n) is 8.83. The van der Waals surface area contributed by atoms with Gasteiger partial charge in [0.1, 0.15) is 11.1 Å². The molecule has 0 bridgehead atoms. The Morgan fingerprint density at radius 3 is 2.59 bits per heavy atom. The Morgan fingerprint density at radius 2 is 1.93 bits per heavy atom. The van der Waals surface area contributed by atoms with Gasteiger partial charge in [0.15, 0.2) is 5.17 Å². The highest BCUT2D eigenvalue weighted by molar-refractivity contribution is 9.10. The maximum Gasteiger partial charge on any atom is 0.242 e. The van der Waals surface area contributed by atoms with E-state index < -0.39 is 5.25 Å². The zero-order chi connectivity index (χ0) is 20.8. The summed E-state index contributed by atoms with van der Waals surface area (Å²) in [5, 5.41) is 2.69. The standard InChI is InChI=1S/C20H19BrFN3O3S/c1-28-11-10-25-19(27)17(12-18(26)23-15-6-2-13(21)3-7-15)29-20(25)24-16-8-4-14(22)5-9-16/h2-9,17H,10-12H2,1H3,(H,23,26). The molecule has 2 amide bonds. The third-order valence-electron chi connectivity index (χ3n) is 4.09. The van der Waals surface area contributed by atoms with Crippen molar-refractivity contribution in [1.29, 1.82) is 0 Å². The van der Waals surface area contributed by atoms with Crippen molar-refractivity contribution in [2.24, 2.45) is 4.99 Å². The molecule has 1 atom stereocenters. The molecule has 0 aromatic heterocycles. The summed E-state index contributed by atoms with van der Waals surface area (Å²) in [6.07, 6.45) is 0.0193. The maximum absolute atomic E-state index is 13.1. The Kier molecular flexibility index (Phi) is 7.40. The number of nitrogens with one attached hydrogen (secondary N) is 1. The quantitative estimate of drug-likeness (QED) is 0.645. The van der Waals surface area contributed by atoms with Gasteiger partial charge in [-0.25, -0.2) is 9.38 Å². The zero-order valence-electron chi connectivity index (χ0n) is 15.6. The van der Waals surface area contributed by atoms with Crippen LogP contribution in [0, 0.1) is 5.82 Å². The number of amides is 2. The van der Waals surface area contributed by atoms with E-state index >= 15 is 0 Å². The molecule has 1 N–H and O–H groups in total. The van der Waals surface area contributed by atoms with Crippen LogP contribution < -0.4 is 5.32 Å². The number of nitrogens with zero attached hydrogens (tertiary/aromatic N) is 2. The lowest BCUT2D eigenvalue weighted by atomic mass is 10.2. The molecule has 1 saturated heterocycles. The zero-order valence-corrected chi connectivity index (χ0v) is 18.0. The van der Waals surface area contributed by atoms with Crippen LogP contribution in [0.1, 0.15) is 6.42 Å². The molecule has 1 heterocycles. The summed E-state index contributed by atoms with van der Waals surface area (Å²) in [6.45, 7) is 0.666. The summed E-state index contributed by atoms with van der Waals surface area (Å²) in [6, 6.07) is 12.9. The van der Waals surface area contributed by atoms with E-state index in [9.17, 15) is 14.0 Å². The molecular weight excluding hydrogens is 461 g/mol. The SMILES string of the molecule is COCCN1C(=O)C(CC(=O)Nc2ccc(Br)cc2)SC1=Nc1ccc(F)cc1. The van der Waals surface area contributed by atoms with Gasteiger partial charge in [0.25, 0.3) is 0 Å². The largest absolute Gasteiger partial charge is 0.383 e. The van der Waals surface area contributed by atoms with Crippen LogP contribution in [-0.2, 0) is 14.3 Å². The van der Waals surface area contributed by atoms with E-state index in [1.54, 1.807) is 19.2 Å². The van der Waals surface area contributed by atoms with Crippen molar-refractivity contribution < 1.29 is 18.7 Å². The highest BCUT2D eigenvalue weighted by Crippen LogP contribution is 2.32. The Bertz CT molecular complexity index is 906. The van der Waals surface area contributed by atoms with Crippen molar-refractivity contribution in [1.82, 2.24) is 4.90 Å². The van der Waals surface area contributed by atoms with Crippen molar-refractivity contribution in [3.63, 3.8) is 0 Å². The Hall–Kier alpha value is -2.23. The van der Waals surface area contributed by atoms with Crippen LogP contribution in [0.4, 0.5) is 15.8 Å². The van der Waals surface area contributed by atoms with E-state index in [2.05, 4.69) is 26.2 Å². The minimum Gasteiger partial charge on any atom is -0.383 e. The van der Waals surface area contributed by atoms with Gasteiger partial charge in [-0.1, -0.05) is 27.7 Å². The normalized spacial score (nSPS) is 17.8. The van der Waals surface area contributed by atoms with Crippen molar-refractivity contribution in [3.8, 4) is 0 Å². The van der Waals surface area contributed by atoms with E-state index in [1.807, 2.05) is 12.1 Å². The summed E-state index contributed by atoms with van der Waals surface area (Å²) in [5.74, 6) is -0.811. The molecule has 0 radical (unpaired) electrons. The summed E-state index contributed by atoms with van der Waals surface area (Å²) in [4.78, 5) is 31.2. The van der Waals surface area contributed by atoms with Crippen LogP contribution in [0.25, 0.3) is 0 Å². The van der Waals surface area contributed by atoms with E-state index in [1.165, 1.54) is 40.9 Å². The number of hydrogen-bond donors (Lipinski definition) is 1. The lowest BCUT2D eigenvalue weighted by molar-refractivity contribution is -0.128. The molecule has 1 unspecified atom stereocenters. The molecule has 9 heteroatoms. The van der Waals surface area contributed by atoms with Gasteiger partial charge in [-0.05, 0) is 48.5 Å². The van der Waals surface area contributed by atoms with Gasteiger partial charge in [0.05, 0.1) is 18.8 Å². The Labute approximate surface area is 180 Å².